The first-order valence-electron chi connectivity index (χ1n) is 8.19. The first-order chi connectivity index (χ1) is 12.8. The van der Waals surface area contributed by atoms with Crippen molar-refractivity contribution < 1.29 is 9.72 Å². The lowest BCUT2D eigenvalue weighted by Crippen LogP contribution is -2.31. The lowest BCUT2D eigenvalue weighted by Gasteiger charge is -2.15. The first-order valence-corrected chi connectivity index (χ1v) is 8.19. The van der Waals surface area contributed by atoms with Gasteiger partial charge in [0, 0.05) is 31.8 Å². The van der Waals surface area contributed by atoms with E-state index in [2.05, 4.69) is 0 Å². The van der Waals surface area contributed by atoms with Crippen molar-refractivity contribution >= 4 is 17.3 Å². The van der Waals surface area contributed by atoms with E-state index in [4.69, 9.17) is 0 Å². The lowest BCUT2D eigenvalue weighted by atomic mass is 10.1. The molecule has 1 aromatic heterocycles. The number of nitro groups is 1. The molecule has 0 aliphatic carbocycles. The van der Waals surface area contributed by atoms with Gasteiger partial charge in [0.05, 0.1) is 16.3 Å². The van der Waals surface area contributed by atoms with Crippen LogP contribution in [-0.4, -0.2) is 27.2 Å². The van der Waals surface area contributed by atoms with E-state index in [0.29, 0.717) is 11.4 Å². The molecule has 0 fully saturated rings. The maximum atomic E-state index is 13.0. The van der Waals surface area contributed by atoms with Crippen LogP contribution in [0.4, 0.5) is 11.4 Å². The molecule has 0 bridgehead atoms. The van der Waals surface area contributed by atoms with Crippen LogP contribution in [0.25, 0.3) is 5.69 Å². The minimum absolute atomic E-state index is 0.100. The van der Waals surface area contributed by atoms with E-state index in [1.807, 2.05) is 30.3 Å². The van der Waals surface area contributed by atoms with E-state index in [1.54, 1.807) is 18.7 Å². The number of non-ortho nitro benzene ring substituents is 1. The number of rotatable bonds is 4. The van der Waals surface area contributed by atoms with Crippen LogP contribution in [-0.2, 0) is 7.05 Å². The van der Waals surface area contributed by atoms with Crippen LogP contribution in [0.15, 0.2) is 59.4 Å². The Bertz CT molecular complexity index is 1070. The number of para-hydroxylation sites is 1. The molecule has 3 aromatic rings. The molecule has 27 heavy (non-hydrogen) atoms. The molecule has 8 heteroatoms. The monoisotopic (exact) mass is 366 g/mol. The number of carbonyl (C=O) groups is 1. The Morgan fingerprint density at radius 1 is 1.07 bits per heavy atom. The molecular weight excluding hydrogens is 348 g/mol. The number of benzene rings is 2. The van der Waals surface area contributed by atoms with Gasteiger partial charge in [0.15, 0.2) is 0 Å². The summed E-state index contributed by atoms with van der Waals surface area (Å²) in [6.07, 6.45) is 0. The van der Waals surface area contributed by atoms with Gasteiger partial charge in [-0.2, -0.15) is 0 Å². The van der Waals surface area contributed by atoms with Gasteiger partial charge in [-0.3, -0.25) is 24.4 Å². The maximum absolute atomic E-state index is 13.0. The number of amides is 1. The molecule has 0 radical (unpaired) electrons. The predicted molar refractivity (Wildman–Crippen MR) is 102 cm³/mol. The highest BCUT2D eigenvalue weighted by atomic mass is 16.6. The SMILES string of the molecule is Cc1c(N(C)C(=O)c2ccc([N+](=O)[O-])cc2)c(=O)n(-c2ccccc2)n1C. The Kier molecular flexibility index (Phi) is 4.64. The Morgan fingerprint density at radius 3 is 2.22 bits per heavy atom. The molecule has 0 aliphatic rings. The van der Waals surface area contributed by atoms with Crippen molar-refractivity contribution in [2.24, 2.45) is 7.05 Å². The third kappa shape index (κ3) is 3.12. The van der Waals surface area contributed by atoms with E-state index in [9.17, 15) is 19.7 Å². The van der Waals surface area contributed by atoms with Crippen molar-refractivity contribution in [1.82, 2.24) is 9.36 Å². The van der Waals surface area contributed by atoms with Gasteiger partial charge in [-0.1, -0.05) is 18.2 Å². The topological polar surface area (TPSA) is 90.4 Å². The number of aromatic nitrogens is 2. The standard InChI is InChI=1S/C19H18N4O4/c1-13-17(19(25)22(21(13)3)15-7-5-4-6-8-15)20(2)18(24)14-9-11-16(12-10-14)23(26)27/h4-12H,1-3H3. The fourth-order valence-electron chi connectivity index (χ4n) is 2.96. The molecule has 0 spiro atoms. The molecule has 1 heterocycles. The van der Waals surface area contributed by atoms with Crippen molar-refractivity contribution in [1.29, 1.82) is 0 Å². The van der Waals surface area contributed by atoms with E-state index in [0.717, 1.165) is 0 Å². The molecule has 0 atom stereocenters. The van der Waals surface area contributed by atoms with Gasteiger partial charge >= 0.3 is 0 Å². The van der Waals surface area contributed by atoms with Crippen LogP contribution in [0, 0.1) is 17.0 Å². The molecule has 2 aromatic carbocycles. The van der Waals surface area contributed by atoms with E-state index in [1.165, 1.54) is 40.9 Å². The Morgan fingerprint density at radius 2 is 1.67 bits per heavy atom. The van der Waals surface area contributed by atoms with Crippen LogP contribution >= 0.6 is 0 Å². The Labute approximate surface area is 155 Å². The second kappa shape index (κ2) is 6.91. The molecule has 0 saturated heterocycles. The molecule has 3 rings (SSSR count). The summed E-state index contributed by atoms with van der Waals surface area (Å²) in [5.74, 6) is -0.420. The molecule has 0 N–H and O–H groups in total. The molecule has 1 amide bonds. The number of nitro benzene ring substituents is 1. The molecular formula is C19H18N4O4. The minimum Gasteiger partial charge on any atom is -0.305 e. The molecule has 0 saturated carbocycles. The minimum atomic E-state index is -0.530. The smallest absolute Gasteiger partial charge is 0.295 e. The van der Waals surface area contributed by atoms with Crippen LogP contribution in [0.2, 0.25) is 0 Å². The van der Waals surface area contributed by atoms with Crippen molar-refractivity contribution in [2.45, 2.75) is 6.92 Å². The second-order valence-corrected chi connectivity index (χ2v) is 6.08. The van der Waals surface area contributed by atoms with Gasteiger partial charge in [-0.25, -0.2) is 4.68 Å². The van der Waals surface area contributed by atoms with Crippen LogP contribution < -0.4 is 10.5 Å². The lowest BCUT2D eigenvalue weighted by molar-refractivity contribution is -0.384. The first kappa shape index (κ1) is 18.1. The van der Waals surface area contributed by atoms with Crippen molar-refractivity contribution in [2.75, 3.05) is 11.9 Å². The summed E-state index contributed by atoms with van der Waals surface area (Å²) in [7, 11) is 3.26. The summed E-state index contributed by atoms with van der Waals surface area (Å²) in [6, 6.07) is 14.4. The second-order valence-electron chi connectivity index (χ2n) is 6.08. The summed E-state index contributed by atoms with van der Waals surface area (Å²) < 4.78 is 3.18. The number of hydrogen-bond donors (Lipinski definition) is 0. The summed E-state index contributed by atoms with van der Waals surface area (Å²) in [4.78, 5) is 37.3. The quantitative estimate of drug-likeness (QED) is 0.524. The summed E-state index contributed by atoms with van der Waals surface area (Å²) in [5.41, 5.74) is 1.41. The highest BCUT2D eigenvalue weighted by Crippen LogP contribution is 2.20. The van der Waals surface area contributed by atoms with E-state index in [-0.39, 0.29) is 22.5 Å². The van der Waals surface area contributed by atoms with Gasteiger partial charge in [-0.05, 0) is 31.2 Å². The van der Waals surface area contributed by atoms with Gasteiger partial charge in [-0.15, -0.1) is 0 Å². The maximum Gasteiger partial charge on any atom is 0.295 e. The van der Waals surface area contributed by atoms with Crippen LogP contribution in [0.1, 0.15) is 16.1 Å². The normalized spacial score (nSPS) is 10.6. The fourth-order valence-corrected chi connectivity index (χ4v) is 2.96. The number of nitrogens with zero attached hydrogens (tertiary/aromatic N) is 4. The zero-order valence-electron chi connectivity index (χ0n) is 15.1. The third-order valence-electron chi connectivity index (χ3n) is 4.49. The van der Waals surface area contributed by atoms with Crippen molar-refractivity contribution in [3.05, 3.63) is 86.3 Å². The molecule has 138 valence electrons. The van der Waals surface area contributed by atoms with Crippen LogP contribution in [0.5, 0.6) is 0 Å². The fraction of sp³-hybridized carbons (Fsp3) is 0.158. The van der Waals surface area contributed by atoms with Gasteiger partial charge in [0.2, 0.25) is 0 Å². The van der Waals surface area contributed by atoms with E-state index >= 15 is 0 Å². The molecule has 0 unspecified atom stereocenters. The molecule has 8 nitrogen and oxygen atoms in total. The summed E-state index contributed by atoms with van der Waals surface area (Å²) in [6.45, 7) is 1.76. The number of anilines is 1. The average Bonchev–Trinajstić information content (AvgIpc) is 2.90. The summed E-state index contributed by atoms with van der Waals surface area (Å²) >= 11 is 0. The predicted octanol–water partition coefficient (Wildman–Crippen LogP) is 2.67. The molecule has 0 aliphatic heterocycles. The Hall–Kier alpha value is -3.68. The van der Waals surface area contributed by atoms with Crippen molar-refractivity contribution in [3.63, 3.8) is 0 Å². The summed E-state index contributed by atoms with van der Waals surface area (Å²) in [5, 5.41) is 10.8. The number of carbonyl (C=O) groups excluding carboxylic acids is 1. The van der Waals surface area contributed by atoms with Crippen molar-refractivity contribution in [3.8, 4) is 5.69 Å². The average molecular weight is 366 g/mol. The van der Waals surface area contributed by atoms with Crippen LogP contribution in [0.3, 0.4) is 0 Å². The zero-order valence-corrected chi connectivity index (χ0v) is 15.1. The zero-order chi connectivity index (χ0) is 19.7. The van der Waals surface area contributed by atoms with E-state index < -0.39 is 10.8 Å². The van der Waals surface area contributed by atoms with Gasteiger partial charge in [0.1, 0.15) is 5.69 Å². The Balaban J connectivity index is 2.02. The third-order valence-corrected chi connectivity index (χ3v) is 4.49. The number of hydrogen-bond acceptors (Lipinski definition) is 4. The largest absolute Gasteiger partial charge is 0.305 e. The van der Waals surface area contributed by atoms with Gasteiger partial charge < -0.3 is 4.90 Å². The highest BCUT2D eigenvalue weighted by Gasteiger charge is 2.24. The highest BCUT2D eigenvalue weighted by molar-refractivity contribution is 6.06. The van der Waals surface area contributed by atoms with Gasteiger partial charge in [0.25, 0.3) is 17.2 Å².